The second-order valence-electron chi connectivity index (χ2n) is 5.64. The zero-order valence-electron chi connectivity index (χ0n) is 15.3. The molecule has 1 atom stereocenters. The molecule has 27 heavy (non-hydrogen) atoms. The van der Waals surface area contributed by atoms with Crippen molar-refractivity contribution >= 4 is 46.7 Å². The molecule has 7 nitrogen and oxygen atoms in total. The number of esters is 1. The number of rotatable bonds is 7. The van der Waals surface area contributed by atoms with Crippen molar-refractivity contribution in [3.8, 4) is 0 Å². The Bertz CT molecular complexity index is 847. The molecule has 0 saturated carbocycles. The van der Waals surface area contributed by atoms with E-state index < -0.39 is 11.2 Å². The third-order valence-corrected chi connectivity index (χ3v) is 5.13. The summed E-state index contributed by atoms with van der Waals surface area (Å²) in [6, 6.07) is 5.30. The van der Waals surface area contributed by atoms with Gasteiger partial charge in [-0.05, 0) is 38.0 Å². The van der Waals surface area contributed by atoms with Crippen molar-refractivity contribution in [3.05, 3.63) is 40.5 Å². The Kier molecular flexibility index (Phi) is 7.44. The van der Waals surface area contributed by atoms with E-state index in [0.29, 0.717) is 22.3 Å². The molecule has 0 aliphatic rings. The largest absolute Gasteiger partial charge is 0.462 e. The van der Waals surface area contributed by atoms with Crippen LogP contribution in [0.1, 0.15) is 36.2 Å². The van der Waals surface area contributed by atoms with Crippen LogP contribution in [-0.4, -0.2) is 33.7 Å². The topological polar surface area (TPSA) is 107 Å². The highest BCUT2D eigenvalue weighted by atomic mass is 35.5. The molecule has 1 aromatic carbocycles. The van der Waals surface area contributed by atoms with Gasteiger partial charge < -0.3 is 15.8 Å². The summed E-state index contributed by atoms with van der Waals surface area (Å²) >= 11 is 7.17. The van der Waals surface area contributed by atoms with Gasteiger partial charge in [-0.2, -0.15) is 0 Å². The second-order valence-corrected chi connectivity index (χ2v) is 7.24. The van der Waals surface area contributed by atoms with E-state index in [0.717, 1.165) is 5.56 Å². The van der Waals surface area contributed by atoms with E-state index in [1.165, 1.54) is 18.0 Å². The number of anilines is 2. The van der Waals surface area contributed by atoms with E-state index in [2.05, 4.69) is 15.3 Å². The lowest BCUT2D eigenvalue weighted by Crippen LogP contribution is -2.25. The molecule has 1 unspecified atom stereocenters. The third-order valence-electron chi connectivity index (χ3n) is 3.66. The molecule has 0 fully saturated rings. The minimum absolute atomic E-state index is 0.0203. The number of hydrogen-bond acceptors (Lipinski definition) is 7. The van der Waals surface area contributed by atoms with Gasteiger partial charge in [-0.15, -0.1) is 0 Å². The number of nitrogens with zero attached hydrogens (tertiary/aromatic N) is 2. The number of carbonyl (C=O) groups excluding carboxylic acids is 2. The molecule has 0 aliphatic carbocycles. The number of amides is 1. The molecule has 2 rings (SSSR count). The molecule has 1 heterocycles. The van der Waals surface area contributed by atoms with Gasteiger partial charge in [0.2, 0.25) is 5.91 Å². The van der Waals surface area contributed by atoms with Crippen LogP contribution >= 0.6 is 23.4 Å². The van der Waals surface area contributed by atoms with Gasteiger partial charge in [-0.25, -0.2) is 14.8 Å². The summed E-state index contributed by atoms with van der Waals surface area (Å²) in [5.74, 6) is -0.746. The zero-order valence-corrected chi connectivity index (χ0v) is 16.9. The lowest BCUT2D eigenvalue weighted by Gasteiger charge is -2.15. The fraction of sp³-hybridized carbons (Fsp3) is 0.333. The summed E-state index contributed by atoms with van der Waals surface area (Å²) in [6.07, 6.45) is 1.87. The Hall–Kier alpha value is -2.32. The fourth-order valence-electron chi connectivity index (χ4n) is 2.19. The van der Waals surface area contributed by atoms with E-state index in [1.54, 1.807) is 19.1 Å². The van der Waals surface area contributed by atoms with Gasteiger partial charge in [-0.1, -0.05) is 36.4 Å². The van der Waals surface area contributed by atoms with Crippen LogP contribution in [0.4, 0.5) is 11.5 Å². The maximum Gasteiger partial charge on any atom is 0.343 e. The monoisotopic (exact) mass is 408 g/mol. The van der Waals surface area contributed by atoms with E-state index >= 15 is 0 Å². The molecule has 3 N–H and O–H groups in total. The number of ether oxygens (including phenoxy) is 1. The smallest absolute Gasteiger partial charge is 0.343 e. The fourth-order valence-corrected chi connectivity index (χ4v) is 3.22. The van der Waals surface area contributed by atoms with Gasteiger partial charge in [0.05, 0.1) is 11.9 Å². The van der Waals surface area contributed by atoms with Crippen molar-refractivity contribution in [2.75, 3.05) is 17.7 Å². The second kappa shape index (κ2) is 9.57. The van der Waals surface area contributed by atoms with Crippen LogP contribution in [0.2, 0.25) is 5.02 Å². The lowest BCUT2D eigenvalue weighted by molar-refractivity contribution is -0.115. The van der Waals surface area contributed by atoms with Gasteiger partial charge in [0, 0.05) is 16.9 Å². The minimum atomic E-state index is -0.576. The van der Waals surface area contributed by atoms with Crippen LogP contribution in [-0.2, 0) is 9.53 Å². The van der Waals surface area contributed by atoms with Gasteiger partial charge in [0.15, 0.2) is 5.16 Å². The predicted octanol–water partition coefficient (Wildman–Crippen LogP) is 3.71. The Morgan fingerprint density at radius 3 is 2.74 bits per heavy atom. The minimum Gasteiger partial charge on any atom is -0.462 e. The molecule has 0 bridgehead atoms. The van der Waals surface area contributed by atoms with Gasteiger partial charge >= 0.3 is 5.97 Å². The Morgan fingerprint density at radius 1 is 1.37 bits per heavy atom. The highest BCUT2D eigenvalue weighted by Crippen LogP contribution is 2.26. The molecule has 0 saturated heterocycles. The van der Waals surface area contributed by atoms with Crippen LogP contribution in [0.25, 0.3) is 0 Å². The normalized spacial score (nSPS) is 11.7. The van der Waals surface area contributed by atoms with Crippen molar-refractivity contribution in [3.63, 3.8) is 0 Å². The van der Waals surface area contributed by atoms with Crippen LogP contribution in [0, 0.1) is 6.92 Å². The number of hydrogen-bond donors (Lipinski definition) is 2. The summed E-state index contributed by atoms with van der Waals surface area (Å²) < 4.78 is 4.90. The van der Waals surface area contributed by atoms with Crippen LogP contribution in [0.15, 0.2) is 29.6 Å². The van der Waals surface area contributed by atoms with E-state index in [4.69, 9.17) is 22.1 Å². The standard InChI is InChI=1S/C18H21ClN4O3S/c1-4-14(16(24)22-13-8-11(19)7-6-10(13)3)27-18-21-9-12(15(20)23-18)17(25)26-5-2/h6-9,14H,4-5H2,1-3H3,(H,22,24)(H2,20,21,23). The number of carbonyl (C=O) groups is 2. The molecule has 0 spiro atoms. The van der Waals surface area contributed by atoms with Crippen molar-refractivity contribution < 1.29 is 14.3 Å². The predicted molar refractivity (Wildman–Crippen MR) is 107 cm³/mol. The summed E-state index contributed by atoms with van der Waals surface area (Å²) in [5, 5.41) is 3.30. The van der Waals surface area contributed by atoms with Crippen molar-refractivity contribution in [2.24, 2.45) is 0 Å². The first-order valence-electron chi connectivity index (χ1n) is 8.39. The number of thioether (sulfide) groups is 1. The quantitative estimate of drug-likeness (QED) is 0.408. The number of aryl methyl sites for hydroxylation is 1. The van der Waals surface area contributed by atoms with Crippen LogP contribution in [0.5, 0.6) is 0 Å². The number of nitrogen functional groups attached to an aromatic ring is 1. The maximum absolute atomic E-state index is 12.6. The lowest BCUT2D eigenvalue weighted by atomic mass is 10.2. The molecule has 0 radical (unpaired) electrons. The molecule has 1 amide bonds. The molecule has 0 aliphatic heterocycles. The SMILES string of the molecule is CCOC(=O)c1cnc(SC(CC)C(=O)Nc2cc(Cl)ccc2C)nc1N. The first-order chi connectivity index (χ1) is 12.8. The summed E-state index contributed by atoms with van der Waals surface area (Å²) in [5.41, 5.74) is 7.50. The molecular weight excluding hydrogens is 388 g/mol. The Balaban J connectivity index is 2.11. The van der Waals surface area contributed by atoms with Gasteiger partial charge in [-0.3, -0.25) is 4.79 Å². The number of aromatic nitrogens is 2. The van der Waals surface area contributed by atoms with Crippen molar-refractivity contribution in [1.82, 2.24) is 9.97 Å². The van der Waals surface area contributed by atoms with E-state index in [1.807, 2.05) is 19.9 Å². The maximum atomic E-state index is 12.6. The number of nitrogens with one attached hydrogen (secondary N) is 1. The Morgan fingerprint density at radius 2 is 2.11 bits per heavy atom. The number of benzene rings is 1. The van der Waals surface area contributed by atoms with E-state index in [-0.39, 0.29) is 23.9 Å². The molecule has 9 heteroatoms. The average molecular weight is 409 g/mol. The van der Waals surface area contributed by atoms with E-state index in [9.17, 15) is 9.59 Å². The third kappa shape index (κ3) is 5.58. The zero-order chi connectivity index (χ0) is 20.0. The molecule has 1 aromatic heterocycles. The molecular formula is C18H21ClN4O3S. The highest BCUT2D eigenvalue weighted by Gasteiger charge is 2.22. The van der Waals surface area contributed by atoms with Crippen molar-refractivity contribution in [2.45, 2.75) is 37.6 Å². The number of nitrogens with two attached hydrogens (primary N) is 1. The molecule has 144 valence electrons. The average Bonchev–Trinajstić information content (AvgIpc) is 2.62. The summed E-state index contributed by atoms with van der Waals surface area (Å²) in [6.45, 7) is 5.71. The van der Waals surface area contributed by atoms with Crippen LogP contribution in [0.3, 0.4) is 0 Å². The first kappa shape index (κ1) is 21.0. The van der Waals surface area contributed by atoms with Gasteiger partial charge in [0.1, 0.15) is 11.4 Å². The highest BCUT2D eigenvalue weighted by molar-refractivity contribution is 8.00. The van der Waals surface area contributed by atoms with Crippen LogP contribution < -0.4 is 11.1 Å². The summed E-state index contributed by atoms with van der Waals surface area (Å²) in [7, 11) is 0. The van der Waals surface area contributed by atoms with Gasteiger partial charge in [0.25, 0.3) is 0 Å². The molecule has 2 aromatic rings. The summed E-state index contributed by atoms with van der Waals surface area (Å²) in [4.78, 5) is 32.6. The first-order valence-corrected chi connectivity index (χ1v) is 9.64. The number of halogens is 1. The Labute approximate surface area is 167 Å². The van der Waals surface area contributed by atoms with Crippen molar-refractivity contribution in [1.29, 1.82) is 0 Å².